The SMILES string of the molecule is CC(C)c1cc(N(c2ccc3c(c2)C=CC3)c2cccc3ccccc23)c2ccc3c(C(C)C)cc(N(c4ccc5c(c4)C=CC5)c4cccc5ccccc45)c4ccc1c2c34. The lowest BCUT2D eigenvalue weighted by Crippen LogP contribution is -2.14. The van der Waals surface area contributed by atoms with Crippen molar-refractivity contribution in [3.8, 4) is 0 Å². The molecule has 0 bridgehead atoms. The van der Waals surface area contributed by atoms with Crippen LogP contribution in [0.25, 0.3) is 66.0 Å². The van der Waals surface area contributed by atoms with Crippen molar-refractivity contribution in [2.75, 3.05) is 9.80 Å². The van der Waals surface area contributed by atoms with Crippen LogP contribution in [0.15, 0.2) is 170 Å². The van der Waals surface area contributed by atoms with Gasteiger partial charge >= 0.3 is 0 Å². The summed E-state index contributed by atoms with van der Waals surface area (Å²) >= 11 is 0. The fraction of sp³-hybridized carbons (Fsp3) is 0.133. The largest absolute Gasteiger partial charge is 0.309 e. The number of fused-ring (bicyclic) bond motifs is 4. The number of hydrogen-bond acceptors (Lipinski definition) is 2. The molecule has 2 aliphatic rings. The van der Waals surface area contributed by atoms with Gasteiger partial charge in [-0.3, -0.25) is 0 Å². The second-order valence-corrected chi connectivity index (χ2v) is 18.0. The zero-order valence-electron chi connectivity index (χ0n) is 35.8. The standard InChI is InChI=1S/C60H48N2/c1-37(2)53-35-57(61(45-27-25-39-15-9-19-43(39)33-45)55-23-11-17-41-13-5-7-21-47(41)55)51-32-30-50-54(38(3)4)36-58(52-31-29-49(53)59(51)60(50)52)62(46-28-26-40-16-10-20-44(40)34-46)56-24-12-18-42-14-6-8-22-48(42)56/h5-14,17-38H,15-16H2,1-4H3. The molecule has 0 fully saturated rings. The molecular formula is C60H48N2. The van der Waals surface area contributed by atoms with Crippen LogP contribution in [0, 0.1) is 0 Å². The Labute approximate surface area is 364 Å². The molecular weight excluding hydrogens is 749 g/mol. The third kappa shape index (κ3) is 5.63. The van der Waals surface area contributed by atoms with Crippen LogP contribution in [0.3, 0.4) is 0 Å². The molecule has 10 aromatic carbocycles. The molecule has 0 aromatic heterocycles. The third-order valence-electron chi connectivity index (χ3n) is 13.7. The van der Waals surface area contributed by atoms with E-state index in [1.807, 2.05) is 0 Å². The van der Waals surface area contributed by atoms with E-state index in [4.69, 9.17) is 0 Å². The summed E-state index contributed by atoms with van der Waals surface area (Å²) in [5.41, 5.74) is 15.2. The minimum atomic E-state index is 0.298. The van der Waals surface area contributed by atoms with Crippen LogP contribution in [0.5, 0.6) is 0 Å². The van der Waals surface area contributed by atoms with E-state index in [0.717, 1.165) is 12.8 Å². The Morgan fingerprint density at radius 3 is 1.24 bits per heavy atom. The highest BCUT2D eigenvalue weighted by Crippen LogP contribution is 2.52. The first-order valence-electron chi connectivity index (χ1n) is 22.3. The van der Waals surface area contributed by atoms with Gasteiger partial charge in [0.25, 0.3) is 0 Å². The molecule has 10 aromatic rings. The summed E-state index contributed by atoms with van der Waals surface area (Å²) in [5, 5.41) is 12.8. The van der Waals surface area contributed by atoms with E-state index in [1.54, 1.807) is 0 Å². The first-order chi connectivity index (χ1) is 30.4. The van der Waals surface area contributed by atoms with Crippen LogP contribution >= 0.6 is 0 Å². The first kappa shape index (κ1) is 36.7. The molecule has 0 N–H and O–H groups in total. The van der Waals surface area contributed by atoms with E-state index < -0.39 is 0 Å². The average Bonchev–Trinajstić information content (AvgIpc) is 3.98. The van der Waals surface area contributed by atoms with E-state index >= 15 is 0 Å². The van der Waals surface area contributed by atoms with E-state index in [-0.39, 0.29) is 0 Å². The topological polar surface area (TPSA) is 6.48 Å². The zero-order chi connectivity index (χ0) is 41.6. The second kappa shape index (κ2) is 14.2. The Morgan fingerprint density at radius 2 is 0.790 bits per heavy atom. The first-order valence-corrected chi connectivity index (χ1v) is 22.3. The van der Waals surface area contributed by atoms with Crippen LogP contribution in [-0.4, -0.2) is 0 Å². The number of rotatable bonds is 8. The minimum absolute atomic E-state index is 0.298. The highest BCUT2D eigenvalue weighted by Gasteiger charge is 2.27. The van der Waals surface area contributed by atoms with Gasteiger partial charge in [0.15, 0.2) is 0 Å². The second-order valence-electron chi connectivity index (χ2n) is 18.0. The number of anilines is 6. The van der Waals surface area contributed by atoms with Crippen molar-refractivity contribution in [3.63, 3.8) is 0 Å². The number of benzene rings is 10. The molecule has 298 valence electrons. The summed E-state index contributed by atoms with van der Waals surface area (Å²) in [6, 6.07) is 60.0. The average molecular weight is 797 g/mol. The summed E-state index contributed by atoms with van der Waals surface area (Å²) in [6.45, 7) is 9.42. The molecule has 0 saturated carbocycles. The van der Waals surface area contributed by atoms with Gasteiger partial charge in [0.1, 0.15) is 0 Å². The lowest BCUT2D eigenvalue weighted by Gasteiger charge is -2.32. The lowest BCUT2D eigenvalue weighted by molar-refractivity contribution is 0.875. The number of hydrogen-bond donors (Lipinski definition) is 0. The molecule has 2 heteroatoms. The lowest BCUT2D eigenvalue weighted by atomic mass is 9.84. The van der Waals surface area contributed by atoms with Crippen LogP contribution in [-0.2, 0) is 12.8 Å². The summed E-state index contributed by atoms with van der Waals surface area (Å²) in [4.78, 5) is 5.11. The van der Waals surface area contributed by atoms with Gasteiger partial charge in [-0.1, -0.05) is 161 Å². The molecule has 0 aliphatic heterocycles. The Balaban J connectivity index is 1.21. The number of nitrogens with zero attached hydrogens (tertiary/aromatic N) is 2. The maximum atomic E-state index is 2.55. The Kier molecular flexibility index (Phi) is 8.41. The molecule has 12 rings (SSSR count). The fourth-order valence-electron chi connectivity index (χ4n) is 10.7. The highest BCUT2D eigenvalue weighted by molar-refractivity contribution is 6.30. The Morgan fingerprint density at radius 1 is 0.371 bits per heavy atom. The van der Waals surface area contributed by atoms with Gasteiger partial charge in [-0.15, -0.1) is 0 Å². The van der Waals surface area contributed by atoms with Crippen molar-refractivity contribution in [3.05, 3.63) is 203 Å². The Hall–Kier alpha value is -7.16. The van der Waals surface area contributed by atoms with Crippen LogP contribution in [0.1, 0.15) is 72.9 Å². The summed E-state index contributed by atoms with van der Waals surface area (Å²) < 4.78 is 0. The maximum Gasteiger partial charge on any atom is 0.0543 e. The van der Waals surface area contributed by atoms with Crippen molar-refractivity contribution < 1.29 is 0 Å². The van der Waals surface area contributed by atoms with Gasteiger partial charge in [-0.25, -0.2) is 0 Å². The van der Waals surface area contributed by atoms with Gasteiger partial charge in [0.2, 0.25) is 0 Å². The smallest absolute Gasteiger partial charge is 0.0543 e. The van der Waals surface area contributed by atoms with Gasteiger partial charge in [-0.2, -0.15) is 0 Å². The monoisotopic (exact) mass is 796 g/mol. The van der Waals surface area contributed by atoms with Gasteiger partial charge in [0, 0.05) is 32.9 Å². The molecule has 0 saturated heterocycles. The molecule has 2 nitrogen and oxygen atoms in total. The van der Waals surface area contributed by atoms with E-state index in [1.165, 1.54) is 121 Å². The molecule has 62 heavy (non-hydrogen) atoms. The molecule has 0 heterocycles. The predicted octanol–water partition coefficient (Wildman–Crippen LogP) is 17.2. The van der Waals surface area contributed by atoms with E-state index in [2.05, 4.69) is 220 Å². The highest BCUT2D eigenvalue weighted by atomic mass is 15.2. The molecule has 0 unspecified atom stereocenters. The van der Waals surface area contributed by atoms with Crippen molar-refractivity contribution >= 4 is 100 Å². The molecule has 0 atom stereocenters. The molecule has 0 spiro atoms. The fourth-order valence-corrected chi connectivity index (χ4v) is 10.7. The Bertz CT molecular complexity index is 3250. The third-order valence-corrected chi connectivity index (χ3v) is 13.7. The molecule has 0 radical (unpaired) electrons. The predicted molar refractivity (Wildman–Crippen MR) is 268 cm³/mol. The van der Waals surface area contributed by atoms with E-state index in [0.29, 0.717) is 11.8 Å². The summed E-state index contributed by atoms with van der Waals surface area (Å²) in [6.07, 6.45) is 11.1. The quantitative estimate of drug-likeness (QED) is 0.141. The normalized spacial score (nSPS) is 13.2. The summed E-state index contributed by atoms with van der Waals surface area (Å²) in [7, 11) is 0. The zero-order valence-corrected chi connectivity index (χ0v) is 35.8. The van der Waals surface area contributed by atoms with Gasteiger partial charge in [-0.05, 0) is 139 Å². The van der Waals surface area contributed by atoms with Crippen LogP contribution in [0.4, 0.5) is 34.1 Å². The minimum Gasteiger partial charge on any atom is -0.309 e. The van der Waals surface area contributed by atoms with Crippen molar-refractivity contribution in [1.82, 2.24) is 0 Å². The van der Waals surface area contributed by atoms with Crippen molar-refractivity contribution in [2.45, 2.75) is 52.4 Å². The summed E-state index contributed by atoms with van der Waals surface area (Å²) in [5.74, 6) is 0.595. The molecule has 2 aliphatic carbocycles. The van der Waals surface area contributed by atoms with Crippen molar-refractivity contribution in [1.29, 1.82) is 0 Å². The molecule has 0 amide bonds. The number of allylic oxidation sites excluding steroid dienone is 2. The van der Waals surface area contributed by atoms with Crippen LogP contribution < -0.4 is 9.80 Å². The van der Waals surface area contributed by atoms with Crippen LogP contribution in [0.2, 0.25) is 0 Å². The van der Waals surface area contributed by atoms with E-state index in [9.17, 15) is 0 Å². The maximum absolute atomic E-state index is 2.55. The van der Waals surface area contributed by atoms with Gasteiger partial charge in [0.05, 0.1) is 22.7 Å². The van der Waals surface area contributed by atoms with Crippen molar-refractivity contribution in [2.24, 2.45) is 0 Å². The van der Waals surface area contributed by atoms with Gasteiger partial charge < -0.3 is 9.80 Å².